The zero-order chi connectivity index (χ0) is 26.0. The summed E-state index contributed by atoms with van der Waals surface area (Å²) in [4.78, 5) is 23.5. The molecule has 3 aromatic heterocycles. The van der Waals surface area contributed by atoms with E-state index in [1.165, 1.54) is 41.6 Å². The molecule has 2 saturated carbocycles. The molecule has 3 aliphatic rings. The molecular weight excluding hydrogens is 545 g/mol. The normalized spacial score (nSPS) is 29.5. The minimum atomic E-state index is -1.05. The van der Waals surface area contributed by atoms with Crippen molar-refractivity contribution in [3.63, 3.8) is 0 Å². The Morgan fingerprint density at radius 3 is 2.82 bits per heavy atom. The summed E-state index contributed by atoms with van der Waals surface area (Å²) in [5.41, 5.74) is 4.97. The summed E-state index contributed by atoms with van der Waals surface area (Å²) in [7, 11) is 2.08. The molecule has 1 unspecified atom stereocenters. The zero-order valence-corrected chi connectivity index (χ0v) is 23.9. The Balaban J connectivity index is 0.920. The Morgan fingerprint density at radius 2 is 2.00 bits per heavy atom. The van der Waals surface area contributed by atoms with Crippen LogP contribution in [-0.2, 0) is 11.2 Å². The fraction of sp³-hybridized carbons (Fsp3) is 0.556. The molecule has 1 saturated heterocycles. The molecule has 38 heavy (non-hydrogen) atoms. The van der Waals surface area contributed by atoms with E-state index < -0.39 is 24.5 Å². The summed E-state index contributed by atoms with van der Waals surface area (Å²) in [6.45, 7) is 0.558. The monoisotopic (exact) mass is 579 g/mol. The van der Waals surface area contributed by atoms with Crippen LogP contribution in [0.5, 0.6) is 0 Å². The number of aromatic amines is 1. The van der Waals surface area contributed by atoms with Gasteiger partial charge < -0.3 is 4.98 Å². The third-order valence-electron chi connectivity index (χ3n) is 8.69. The number of hydrogen-bond acceptors (Lipinski definition) is 8. The number of nitrogens with zero attached hydrogens (tertiary/aromatic N) is 6. The van der Waals surface area contributed by atoms with Gasteiger partial charge in [0.15, 0.2) is 0 Å². The molecule has 3 fully saturated rings. The van der Waals surface area contributed by atoms with Gasteiger partial charge in [-0.15, -0.1) is 0 Å². The Kier molecular flexibility index (Phi) is 6.28. The van der Waals surface area contributed by atoms with Crippen molar-refractivity contribution in [2.24, 2.45) is 5.92 Å². The standard InChI is InChI=1S/C27H34AsN7O3/c1-34(11-20-23(36)24(37)27(38-20)35-13-31-22-25(28)29-12-30-26(22)35)17-8-14(9-17)2-7-21-32-18-6-5-16(15-3-4-15)10-19(18)33-21/h5-6,10,12-15,17,20,23-24,27,36-37H,2-4,7-9,11,28H2,1H3,(H,32,33)/t14?,17?,20-,23-,24-,27-/m1/s1. The van der Waals surface area contributed by atoms with E-state index in [1.54, 1.807) is 10.9 Å². The summed E-state index contributed by atoms with van der Waals surface area (Å²) in [5, 5.41) is 21.6. The van der Waals surface area contributed by atoms with Crippen molar-refractivity contribution < 1.29 is 14.9 Å². The number of likely N-dealkylation sites (N-methyl/N-ethyl adjacent to an activating group) is 1. The van der Waals surface area contributed by atoms with Gasteiger partial charge in [-0.05, 0) is 42.9 Å². The Labute approximate surface area is 229 Å². The number of ether oxygens (including phenoxy) is 1. The van der Waals surface area contributed by atoms with E-state index in [4.69, 9.17) is 9.72 Å². The van der Waals surface area contributed by atoms with Gasteiger partial charge in [-0.3, -0.25) is 0 Å². The van der Waals surface area contributed by atoms with E-state index in [0.717, 1.165) is 52.9 Å². The van der Waals surface area contributed by atoms with Gasteiger partial charge in [0, 0.05) is 6.42 Å². The summed E-state index contributed by atoms with van der Waals surface area (Å²) >= 11 is 1.37. The van der Waals surface area contributed by atoms with Crippen LogP contribution in [0, 0.1) is 5.92 Å². The molecule has 5 atom stereocenters. The molecule has 7 rings (SSSR count). The topological polar surface area (TPSA) is 125 Å². The molecule has 4 aromatic rings. The van der Waals surface area contributed by atoms with Crippen LogP contribution in [0.1, 0.15) is 55.6 Å². The second-order valence-electron chi connectivity index (χ2n) is 11.3. The number of fused-ring (bicyclic) bond motifs is 2. The van der Waals surface area contributed by atoms with E-state index in [0.29, 0.717) is 29.7 Å². The maximum absolute atomic E-state index is 10.8. The Hall–Kier alpha value is -2.36. The molecule has 0 bridgehead atoms. The predicted molar refractivity (Wildman–Crippen MR) is 145 cm³/mol. The second kappa shape index (κ2) is 9.68. The third-order valence-corrected chi connectivity index (χ3v) is 9.58. The van der Waals surface area contributed by atoms with E-state index in [2.05, 4.69) is 50.1 Å². The Bertz CT molecular complexity index is 1460. The molecule has 11 heteroatoms. The number of hydrogen-bond donors (Lipinski definition) is 3. The van der Waals surface area contributed by atoms with Crippen molar-refractivity contribution in [2.45, 2.75) is 75.0 Å². The number of rotatable bonds is 8. The van der Waals surface area contributed by atoms with E-state index >= 15 is 0 Å². The summed E-state index contributed by atoms with van der Waals surface area (Å²) in [6, 6.07) is 7.14. The molecule has 4 heterocycles. The van der Waals surface area contributed by atoms with Crippen molar-refractivity contribution in [1.29, 1.82) is 0 Å². The molecule has 1 aromatic carbocycles. The van der Waals surface area contributed by atoms with Crippen LogP contribution in [0.2, 0.25) is 0 Å². The van der Waals surface area contributed by atoms with Gasteiger partial charge in [0.05, 0.1) is 11.0 Å². The van der Waals surface area contributed by atoms with Gasteiger partial charge in [0.2, 0.25) is 0 Å². The quantitative estimate of drug-likeness (QED) is 0.262. The van der Waals surface area contributed by atoms with Crippen LogP contribution >= 0.6 is 0 Å². The van der Waals surface area contributed by atoms with Crippen LogP contribution in [0.3, 0.4) is 0 Å². The summed E-state index contributed by atoms with van der Waals surface area (Å²) in [6.07, 6.45) is 6.83. The van der Waals surface area contributed by atoms with Gasteiger partial charge >= 0.3 is 147 Å². The first-order valence-electron chi connectivity index (χ1n) is 13.6. The average molecular weight is 580 g/mol. The number of benzene rings is 1. The van der Waals surface area contributed by atoms with Crippen LogP contribution in [0.4, 0.5) is 0 Å². The second-order valence-corrected chi connectivity index (χ2v) is 12.5. The first-order chi connectivity index (χ1) is 18.4. The van der Waals surface area contributed by atoms with Gasteiger partial charge in [-0.25, -0.2) is 4.98 Å². The van der Waals surface area contributed by atoms with Gasteiger partial charge in [0.25, 0.3) is 0 Å². The molecule has 0 radical (unpaired) electrons. The SMILES string of the molecule is CN(C[C@H]1O[C@@H](n2cnc3c([AsH2])ncnc32)[C@H](O)[C@@H]1O)C1CC(CCc2nc3cc(C4CC4)ccc3[nH]2)C1. The molecule has 0 amide bonds. The van der Waals surface area contributed by atoms with E-state index in [1.807, 2.05) is 0 Å². The molecule has 1 aliphatic heterocycles. The fourth-order valence-electron chi connectivity index (χ4n) is 6.10. The van der Waals surface area contributed by atoms with Crippen LogP contribution in [0.15, 0.2) is 30.9 Å². The van der Waals surface area contributed by atoms with Crippen molar-refractivity contribution >= 4 is 43.5 Å². The molecular formula is C27H34AsN7O3. The van der Waals surface area contributed by atoms with E-state index in [-0.39, 0.29) is 0 Å². The predicted octanol–water partition coefficient (Wildman–Crippen LogP) is 0.801. The molecule has 2 aliphatic carbocycles. The fourth-order valence-corrected chi connectivity index (χ4v) is 6.67. The van der Waals surface area contributed by atoms with Gasteiger partial charge in [0.1, 0.15) is 5.82 Å². The van der Waals surface area contributed by atoms with Crippen LogP contribution < -0.4 is 4.48 Å². The number of aryl methyl sites for hydroxylation is 1. The average Bonchev–Trinajstić information content (AvgIpc) is 3.42. The zero-order valence-electron chi connectivity index (χ0n) is 21.4. The van der Waals surface area contributed by atoms with Gasteiger partial charge in [-0.1, -0.05) is 6.07 Å². The van der Waals surface area contributed by atoms with Crippen molar-refractivity contribution in [3.8, 4) is 0 Å². The molecule has 200 valence electrons. The van der Waals surface area contributed by atoms with Crippen LogP contribution in [0.25, 0.3) is 22.2 Å². The Morgan fingerprint density at radius 1 is 1.16 bits per heavy atom. The van der Waals surface area contributed by atoms with Crippen molar-refractivity contribution in [2.75, 3.05) is 13.6 Å². The van der Waals surface area contributed by atoms with Crippen molar-refractivity contribution in [1.82, 2.24) is 34.4 Å². The van der Waals surface area contributed by atoms with Gasteiger partial charge in [-0.2, -0.15) is 0 Å². The van der Waals surface area contributed by atoms with Crippen molar-refractivity contribution in [3.05, 3.63) is 42.2 Å². The molecule has 10 nitrogen and oxygen atoms in total. The minimum absolute atomic E-state index is 0.454. The third kappa shape index (κ3) is 4.46. The maximum atomic E-state index is 10.8. The number of imidazole rings is 2. The number of aromatic nitrogens is 6. The first kappa shape index (κ1) is 24.7. The molecule has 0 spiro atoms. The summed E-state index contributed by atoms with van der Waals surface area (Å²) in [5.74, 6) is 2.51. The number of nitrogens with one attached hydrogen (secondary N) is 1. The number of H-pyrrole nitrogens is 1. The number of aliphatic hydroxyl groups excluding tert-OH is 2. The first-order valence-corrected chi connectivity index (χ1v) is 14.8. The number of aliphatic hydroxyl groups is 2. The molecule has 3 N–H and O–H groups in total. The van der Waals surface area contributed by atoms with Crippen LogP contribution in [-0.4, -0.2) is 99.4 Å². The summed E-state index contributed by atoms with van der Waals surface area (Å²) < 4.78 is 8.70. The van der Waals surface area contributed by atoms with E-state index in [9.17, 15) is 10.2 Å².